The number of benzene rings is 2. The van der Waals surface area contributed by atoms with Crippen molar-refractivity contribution in [2.24, 2.45) is 17.8 Å². The van der Waals surface area contributed by atoms with E-state index in [4.69, 9.17) is 0 Å². The van der Waals surface area contributed by atoms with Crippen molar-refractivity contribution in [2.75, 3.05) is 83.4 Å². The fourth-order valence-electron chi connectivity index (χ4n) is 10.8. The van der Waals surface area contributed by atoms with Crippen LogP contribution >= 0.6 is 0 Å². The molecular formula is C44H59FN6O6S. The molecular weight excluding hydrogens is 760 g/mol. The van der Waals surface area contributed by atoms with E-state index in [0.717, 1.165) is 89.0 Å². The summed E-state index contributed by atoms with van der Waals surface area (Å²) in [6, 6.07) is 13.6. The van der Waals surface area contributed by atoms with Gasteiger partial charge in [0.15, 0.2) is 9.84 Å². The van der Waals surface area contributed by atoms with Gasteiger partial charge in [0, 0.05) is 75.6 Å². The topological polar surface area (TPSA) is 134 Å². The van der Waals surface area contributed by atoms with Crippen LogP contribution in [0, 0.1) is 23.6 Å². The van der Waals surface area contributed by atoms with Gasteiger partial charge in [-0.15, -0.1) is 0 Å². The summed E-state index contributed by atoms with van der Waals surface area (Å²) in [5, 5.41) is 12.0. The lowest BCUT2D eigenvalue weighted by atomic mass is 9.57. The van der Waals surface area contributed by atoms with Crippen molar-refractivity contribution in [3.05, 3.63) is 72.1 Å². The number of halogens is 1. The number of sulfone groups is 1. The van der Waals surface area contributed by atoms with E-state index in [1.165, 1.54) is 25.3 Å². The van der Waals surface area contributed by atoms with E-state index < -0.39 is 26.6 Å². The molecule has 2 N–H and O–H groups in total. The van der Waals surface area contributed by atoms with Gasteiger partial charge >= 0.3 is 6.09 Å². The Balaban J connectivity index is 0.854. The lowest BCUT2D eigenvalue weighted by molar-refractivity contribution is -0.138. The number of amides is 3. The van der Waals surface area contributed by atoms with Gasteiger partial charge in [0.25, 0.3) is 0 Å². The molecule has 1 saturated carbocycles. The Bertz CT molecular complexity index is 1930. The highest BCUT2D eigenvalue weighted by Crippen LogP contribution is 2.51. The lowest BCUT2D eigenvalue weighted by Crippen LogP contribution is -2.60. The van der Waals surface area contributed by atoms with Crippen molar-refractivity contribution in [3.8, 4) is 0 Å². The molecule has 5 saturated heterocycles. The molecule has 12 nitrogen and oxygen atoms in total. The maximum atomic E-state index is 15.0. The second-order valence-electron chi connectivity index (χ2n) is 17.6. The molecule has 314 valence electrons. The van der Waals surface area contributed by atoms with Crippen molar-refractivity contribution in [3.63, 3.8) is 0 Å². The van der Waals surface area contributed by atoms with E-state index in [-0.39, 0.29) is 59.4 Å². The van der Waals surface area contributed by atoms with Gasteiger partial charge in [-0.2, -0.15) is 0 Å². The number of hydrogen-bond donors (Lipinski definition) is 2. The number of rotatable bonds is 13. The van der Waals surface area contributed by atoms with E-state index in [0.29, 0.717) is 26.2 Å². The van der Waals surface area contributed by atoms with E-state index in [1.54, 1.807) is 35.2 Å². The molecule has 6 aliphatic rings. The molecule has 5 heterocycles. The van der Waals surface area contributed by atoms with Crippen LogP contribution in [0.5, 0.6) is 0 Å². The zero-order valence-electron chi connectivity index (χ0n) is 33.5. The first-order chi connectivity index (χ1) is 28.0. The fourth-order valence-corrected chi connectivity index (χ4v) is 12.5. The first-order valence-electron chi connectivity index (χ1n) is 21.5. The molecule has 58 heavy (non-hydrogen) atoms. The first kappa shape index (κ1) is 40.8. The summed E-state index contributed by atoms with van der Waals surface area (Å²) in [6.07, 6.45) is 11.3. The van der Waals surface area contributed by atoms with E-state index >= 15 is 0 Å². The molecule has 3 amide bonds. The number of nitrogens with zero attached hydrogens (tertiary/aromatic N) is 5. The Morgan fingerprint density at radius 1 is 0.810 bits per heavy atom. The van der Waals surface area contributed by atoms with Crippen LogP contribution in [0.1, 0.15) is 63.4 Å². The largest absolute Gasteiger partial charge is 0.465 e. The third-order valence-electron chi connectivity index (χ3n) is 14.3. The van der Waals surface area contributed by atoms with Gasteiger partial charge < -0.3 is 30.0 Å². The number of carboxylic acid groups (broad SMARTS) is 1. The van der Waals surface area contributed by atoms with Crippen molar-refractivity contribution in [1.29, 1.82) is 0 Å². The SMILES string of the molecule is O=C(O)N[C@H]1CCC[C@@H]1[C@](CN1CCC1)(c1cccc(F)c1)C1CCN(C(=O)C2CN(c3ccc(S(=O)(=O)C4CN(C(=O)/C=C/CN5CCCCC5)C4)cc3)C2)CC1. The Kier molecular flexibility index (Phi) is 12.2. The summed E-state index contributed by atoms with van der Waals surface area (Å²) in [4.78, 5) is 49.1. The Morgan fingerprint density at radius 3 is 2.17 bits per heavy atom. The van der Waals surface area contributed by atoms with Crippen molar-refractivity contribution in [1.82, 2.24) is 24.9 Å². The molecule has 14 heteroatoms. The van der Waals surface area contributed by atoms with Gasteiger partial charge in [-0.05, 0) is 125 Å². The highest BCUT2D eigenvalue weighted by atomic mass is 32.2. The number of carbonyl (C=O) groups excluding carboxylic acids is 2. The second-order valence-corrected chi connectivity index (χ2v) is 19.9. The van der Waals surface area contributed by atoms with Crippen molar-refractivity contribution < 1.29 is 32.3 Å². The van der Waals surface area contributed by atoms with Gasteiger partial charge in [0.2, 0.25) is 11.8 Å². The maximum absolute atomic E-state index is 15.0. The number of piperidine rings is 2. The van der Waals surface area contributed by atoms with Gasteiger partial charge in [-0.25, -0.2) is 17.6 Å². The average Bonchev–Trinajstić information content (AvgIpc) is 3.62. The average molecular weight is 819 g/mol. The molecule has 6 fully saturated rings. The standard InChI is InChI=1S/C44H59FN6O6S/c45-35-9-4-8-34(26-35)44(31-48-22-7-23-48,39-10-5-11-40(39)46-43(54)55)33-17-24-49(25-18-33)42(53)32-27-50(28-32)36-13-15-37(16-14-36)58(56,57)38-29-51(30-38)41(52)12-6-21-47-19-2-1-3-20-47/h4,6,8-9,12-16,26,32-33,38-40,46H,1-3,5,7,10-11,17-25,27-31H2,(H,54,55)/b12-6+/t39-,40-,44-/m0/s1. The van der Waals surface area contributed by atoms with E-state index in [9.17, 15) is 32.3 Å². The summed E-state index contributed by atoms with van der Waals surface area (Å²) in [5.41, 5.74) is 1.36. The Labute approximate surface area is 342 Å². The Hall–Kier alpha value is -4.01. The van der Waals surface area contributed by atoms with Crippen LogP contribution in [0.15, 0.2) is 65.6 Å². The van der Waals surface area contributed by atoms with Crippen LogP contribution < -0.4 is 10.2 Å². The molecule has 5 aliphatic heterocycles. The van der Waals surface area contributed by atoms with Crippen LogP contribution in [-0.2, 0) is 24.8 Å². The summed E-state index contributed by atoms with van der Waals surface area (Å²) in [6.45, 7) is 8.27. The summed E-state index contributed by atoms with van der Waals surface area (Å²) in [5.74, 6) is -0.271. The molecule has 2 aromatic carbocycles. The van der Waals surface area contributed by atoms with Crippen molar-refractivity contribution in [2.45, 2.75) is 79.4 Å². The minimum atomic E-state index is -3.59. The molecule has 0 radical (unpaired) electrons. The zero-order valence-corrected chi connectivity index (χ0v) is 34.3. The molecule has 0 unspecified atom stereocenters. The van der Waals surface area contributed by atoms with Crippen LogP contribution in [-0.4, -0.2) is 141 Å². The number of carbonyl (C=O) groups is 3. The third kappa shape index (κ3) is 8.38. The van der Waals surface area contributed by atoms with Crippen LogP contribution in [0.3, 0.4) is 0 Å². The summed E-state index contributed by atoms with van der Waals surface area (Å²) < 4.78 is 41.8. The third-order valence-corrected chi connectivity index (χ3v) is 16.4. The summed E-state index contributed by atoms with van der Waals surface area (Å²) >= 11 is 0. The predicted octanol–water partition coefficient (Wildman–Crippen LogP) is 4.61. The minimum absolute atomic E-state index is 0.0222. The van der Waals surface area contributed by atoms with E-state index in [2.05, 4.69) is 20.0 Å². The maximum Gasteiger partial charge on any atom is 0.404 e. The Morgan fingerprint density at radius 2 is 1.52 bits per heavy atom. The predicted molar refractivity (Wildman–Crippen MR) is 220 cm³/mol. The van der Waals surface area contributed by atoms with Gasteiger partial charge in [-0.1, -0.05) is 31.1 Å². The number of likely N-dealkylation sites (tertiary alicyclic amines) is 4. The molecule has 1 aliphatic carbocycles. The molecule has 2 aromatic rings. The monoisotopic (exact) mass is 818 g/mol. The van der Waals surface area contributed by atoms with Gasteiger partial charge in [0.1, 0.15) is 11.1 Å². The molecule has 0 aromatic heterocycles. The van der Waals surface area contributed by atoms with Gasteiger partial charge in [0.05, 0.1) is 10.8 Å². The normalized spacial score (nSPS) is 25.2. The second kappa shape index (κ2) is 17.3. The molecule has 0 spiro atoms. The number of anilines is 1. The summed E-state index contributed by atoms with van der Waals surface area (Å²) in [7, 11) is -3.59. The van der Waals surface area contributed by atoms with E-state index in [1.807, 2.05) is 29.2 Å². The van der Waals surface area contributed by atoms with Crippen LogP contribution in [0.25, 0.3) is 0 Å². The first-order valence-corrected chi connectivity index (χ1v) is 23.1. The zero-order chi connectivity index (χ0) is 40.4. The molecule has 8 rings (SSSR count). The molecule has 3 atom stereocenters. The number of hydrogen-bond acceptors (Lipinski definition) is 8. The highest BCUT2D eigenvalue weighted by Gasteiger charge is 2.53. The van der Waals surface area contributed by atoms with Crippen LogP contribution in [0.2, 0.25) is 0 Å². The highest BCUT2D eigenvalue weighted by molar-refractivity contribution is 7.92. The fraction of sp³-hybridized carbons (Fsp3) is 0.614. The smallest absolute Gasteiger partial charge is 0.404 e. The number of nitrogens with one attached hydrogen (secondary N) is 1. The minimum Gasteiger partial charge on any atom is -0.465 e. The van der Waals surface area contributed by atoms with Gasteiger partial charge in [-0.3, -0.25) is 14.5 Å². The van der Waals surface area contributed by atoms with Crippen LogP contribution in [0.4, 0.5) is 14.9 Å². The lowest BCUT2D eigenvalue weighted by Gasteiger charge is -2.54. The molecule has 0 bridgehead atoms. The quantitative estimate of drug-likeness (QED) is 0.278. The van der Waals surface area contributed by atoms with Crippen molar-refractivity contribution >= 4 is 33.4 Å².